The minimum absolute atomic E-state index is 0.0595. The summed E-state index contributed by atoms with van der Waals surface area (Å²) in [5, 5.41) is 2.76. The molecule has 5 nitrogen and oxygen atoms in total. The van der Waals surface area contributed by atoms with E-state index in [1.807, 2.05) is 31.2 Å². The van der Waals surface area contributed by atoms with Crippen LogP contribution in [0.3, 0.4) is 0 Å². The fraction of sp³-hybridized carbons (Fsp3) is 0.300. The first-order chi connectivity index (χ1) is 11.9. The van der Waals surface area contributed by atoms with Gasteiger partial charge >= 0.3 is 0 Å². The molecular formula is C20H24N2O3. The molecule has 0 atom stereocenters. The van der Waals surface area contributed by atoms with Gasteiger partial charge in [0.2, 0.25) is 5.91 Å². The van der Waals surface area contributed by atoms with Crippen LogP contribution in [0, 0.1) is 6.92 Å². The number of hydrogen-bond donors (Lipinski definition) is 2. The van der Waals surface area contributed by atoms with Gasteiger partial charge in [-0.05, 0) is 53.8 Å². The van der Waals surface area contributed by atoms with Crippen LogP contribution >= 0.6 is 0 Å². The van der Waals surface area contributed by atoms with Crippen LogP contribution in [0.15, 0.2) is 42.5 Å². The molecule has 0 heterocycles. The summed E-state index contributed by atoms with van der Waals surface area (Å²) in [5.74, 6) is 0.410. The molecular weight excluding hydrogens is 316 g/mol. The lowest BCUT2D eigenvalue weighted by Crippen LogP contribution is -2.28. The molecule has 0 aliphatic rings. The highest BCUT2D eigenvalue weighted by atomic mass is 16.5. The average Bonchev–Trinajstić information content (AvgIpc) is 2.58. The molecule has 0 saturated heterocycles. The molecule has 2 amide bonds. The second-order valence-corrected chi connectivity index (χ2v) is 6.30. The van der Waals surface area contributed by atoms with Crippen LogP contribution in [0.5, 0.6) is 5.75 Å². The quantitative estimate of drug-likeness (QED) is 0.813. The summed E-state index contributed by atoms with van der Waals surface area (Å²) in [6.45, 7) is 6.58. The van der Waals surface area contributed by atoms with Gasteiger partial charge in [-0.25, -0.2) is 0 Å². The van der Waals surface area contributed by atoms with E-state index in [0.29, 0.717) is 23.8 Å². The Hall–Kier alpha value is -2.82. The zero-order valence-corrected chi connectivity index (χ0v) is 14.8. The van der Waals surface area contributed by atoms with Crippen molar-refractivity contribution in [3.8, 4) is 5.75 Å². The Morgan fingerprint density at radius 3 is 2.56 bits per heavy atom. The number of ether oxygens (including phenoxy) is 1. The largest absolute Gasteiger partial charge is 0.484 e. The molecule has 0 fully saturated rings. The maximum Gasteiger partial charge on any atom is 0.258 e. The number of primary amides is 1. The Morgan fingerprint density at radius 1 is 1.16 bits per heavy atom. The molecule has 0 spiro atoms. The topological polar surface area (TPSA) is 81.4 Å². The van der Waals surface area contributed by atoms with E-state index in [1.54, 1.807) is 18.2 Å². The van der Waals surface area contributed by atoms with Crippen molar-refractivity contribution in [3.63, 3.8) is 0 Å². The third-order valence-corrected chi connectivity index (χ3v) is 3.93. The van der Waals surface area contributed by atoms with Gasteiger partial charge < -0.3 is 15.8 Å². The van der Waals surface area contributed by atoms with Crippen LogP contribution < -0.4 is 15.8 Å². The molecule has 0 aliphatic heterocycles. The third kappa shape index (κ3) is 5.35. The molecule has 0 bridgehead atoms. The molecule has 25 heavy (non-hydrogen) atoms. The predicted molar refractivity (Wildman–Crippen MR) is 97.6 cm³/mol. The third-order valence-electron chi connectivity index (χ3n) is 3.93. The van der Waals surface area contributed by atoms with Gasteiger partial charge in [-0.3, -0.25) is 9.59 Å². The second kappa shape index (κ2) is 8.33. The van der Waals surface area contributed by atoms with Gasteiger partial charge in [0, 0.05) is 12.1 Å². The summed E-state index contributed by atoms with van der Waals surface area (Å²) < 4.78 is 5.55. The van der Waals surface area contributed by atoms with Crippen molar-refractivity contribution in [2.75, 3.05) is 6.61 Å². The SMILES string of the molecule is Cc1cc(OCC(=O)NCc2cccc(C(N)=O)c2)ccc1C(C)C. The first kappa shape index (κ1) is 18.5. The average molecular weight is 340 g/mol. The van der Waals surface area contributed by atoms with Crippen molar-refractivity contribution in [1.29, 1.82) is 0 Å². The molecule has 5 heteroatoms. The highest BCUT2D eigenvalue weighted by Crippen LogP contribution is 2.23. The number of benzene rings is 2. The van der Waals surface area contributed by atoms with Gasteiger partial charge in [0.25, 0.3) is 5.91 Å². The molecule has 0 radical (unpaired) electrons. The van der Waals surface area contributed by atoms with E-state index in [1.165, 1.54) is 5.56 Å². The van der Waals surface area contributed by atoms with E-state index >= 15 is 0 Å². The van der Waals surface area contributed by atoms with Crippen LogP contribution in [-0.4, -0.2) is 18.4 Å². The normalized spacial score (nSPS) is 10.6. The maximum absolute atomic E-state index is 11.9. The van der Waals surface area contributed by atoms with Gasteiger partial charge in [0.05, 0.1) is 0 Å². The second-order valence-electron chi connectivity index (χ2n) is 6.30. The fourth-order valence-electron chi connectivity index (χ4n) is 2.62. The van der Waals surface area contributed by atoms with Gasteiger partial charge in [-0.1, -0.05) is 32.0 Å². The molecule has 2 aromatic rings. The van der Waals surface area contributed by atoms with Crippen molar-refractivity contribution < 1.29 is 14.3 Å². The smallest absolute Gasteiger partial charge is 0.258 e. The number of carbonyl (C=O) groups excluding carboxylic acids is 2. The molecule has 132 valence electrons. The molecule has 0 aliphatic carbocycles. The highest BCUT2D eigenvalue weighted by Gasteiger charge is 2.07. The lowest BCUT2D eigenvalue weighted by atomic mass is 9.98. The molecule has 0 saturated carbocycles. The molecule has 0 aromatic heterocycles. The van der Waals surface area contributed by atoms with Gasteiger partial charge in [0.1, 0.15) is 5.75 Å². The summed E-state index contributed by atoms with van der Waals surface area (Å²) in [4.78, 5) is 23.1. The number of nitrogens with two attached hydrogens (primary N) is 1. The summed E-state index contributed by atoms with van der Waals surface area (Å²) in [6, 6.07) is 12.7. The number of carbonyl (C=O) groups is 2. The Kier molecular flexibility index (Phi) is 6.17. The molecule has 2 rings (SSSR count). The van der Waals surface area contributed by atoms with Crippen molar-refractivity contribution in [3.05, 3.63) is 64.7 Å². The predicted octanol–water partition coefficient (Wildman–Crippen LogP) is 2.91. The van der Waals surface area contributed by atoms with Crippen LogP contribution in [0.1, 0.15) is 46.8 Å². The Morgan fingerprint density at radius 2 is 1.92 bits per heavy atom. The minimum atomic E-state index is -0.489. The van der Waals surface area contributed by atoms with E-state index in [4.69, 9.17) is 10.5 Å². The standard InChI is InChI=1S/C20H24N2O3/c1-13(2)18-8-7-17(9-14(18)3)25-12-19(23)22-11-15-5-4-6-16(10-15)20(21)24/h4-10,13H,11-12H2,1-3H3,(H2,21,24)(H,22,23). The first-order valence-electron chi connectivity index (χ1n) is 8.25. The Balaban J connectivity index is 1.86. The monoisotopic (exact) mass is 340 g/mol. The van der Waals surface area contributed by atoms with E-state index in [2.05, 4.69) is 19.2 Å². The van der Waals surface area contributed by atoms with Gasteiger partial charge in [-0.15, -0.1) is 0 Å². The zero-order chi connectivity index (χ0) is 18.4. The lowest BCUT2D eigenvalue weighted by Gasteiger charge is -2.12. The van der Waals surface area contributed by atoms with E-state index < -0.39 is 5.91 Å². The van der Waals surface area contributed by atoms with Gasteiger partial charge in [-0.2, -0.15) is 0 Å². The summed E-state index contributed by atoms with van der Waals surface area (Å²) in [5.41, 5.74) is 8.89. The van der Waals surface area contributed by atoms with E-state index in [-0.39, 0.29) is 12.5 Å². The van der Waals surface area contributed by atoms with Crippen LogP contribution in [0.4, 0.5) is 0 Å². The summed E-state index contributed by atoms with van der Waals surface area (Å²) in [7, 11) is 0. The summed E-state index contributed by atoms with van der Waals surface area (Å²) in [6.07, 6.45) is 0. The number of nitrogens with one attached hydrogen (secondary N) is 1. The van der Waals surface area contributed by atoms with E-state index in [9.17, 15) is 9.59 Å². The van der Waals surface area contributed by atoms with Crippen LogP contribution in [-0.2, 0) is 11.3 Å². The Bertz CT molecular complexity index is 769. The Labute approximate surface area is 148 Å². The van der Waals surface area contributed by atoms with Crippen LogP contribution in [0.25, 0.3) is 0 Å². The number of amides is 2. The van der Waals surface area contributed by atoms with Crippen LogP contribution in [0.2, 0.25) is 0 Å². The number of hydrogen-bond acceptors (Lipinski definition) is 3. The van der Waals surface area contributed by atoms with E-state index in [0.717, 1.165) is 11.1 Å². The highest BCUT2D eigenvalue weighted by molar-refractivity contribution is 5.92. The lowest BCUT2D eigenvalue weighted by molar-refractivity contribution is -0.123. The maximum atomic E-state index is 11.9. The molecule has 0 unspecified atom stereocenters. The van der Waals surface area contributed by atoms with Crippen molar-refractivity contribution in [2.45, 2.75) is 33.2 Å². The molecule has 2 aromatic carbocycles. The summed E-state index contributed by atoms with van der Waals surface area (Å²) >= 11 is 0. The van der Waals surface area contributed by atoms with Crippen molar-refractivity contribution >= 4 is 11.8 Å². The zero-order valence-electron chi connectivity index (χ0n) is 14.8. The number of rotatable bonds is 7. The molecule has 3 N–H and O–H groups in total. The van der Waals surface area contributed by atoms with Crippen molar-refractivity contribution in [1.82, 2.24) is 5.32 Å². The fourth-order valence-corrected chi connectivity index (χ4v) is 2.62. The first-order valence-corrected chi connectivity index (χ1v) is 8.25. The van der Waals surface area contributed by atoms with Gasteiger partial charge in [0.15, 0.2) is 6.61 Å². The minimum Gasteiger partial charge on any atom is -0.484 e. The van der Waals surface area contributed by atoms with Crippen molar-refractivity contribution in [2.24, 2.45) is 5.73 Å². The number of aryl methyl sites for hydroxylation is 1.